The Labute approximate surface area is 124 Å². The van der Waals surface area contributed by atoms with Crippen molar-refractivity contribution < 1.29 is 4.42 Å². The lowest BCUT2D eigenvalue weighted by Gasteiger charge is -2.26. The summed E-state index contributed by atoms with van der Waals surface area (Å²) in [5, 5.41) is 0. The van der Waals surface area contributed by atoms with Crippen LogP contribution in [0.15, 0.2) is 23.0 Å². The maximum atomic E-state index is 5.92. The van der Waals surface area contributed by atoms with E-state index >= 15 is 0 Å². The highest BCUT2D eigenvalue weighted by atomic mass is 16.3. The first-order chi connectivity index (χ1) is 9.77. The molecule has 0 aliphatic rings. The van der Waals surface area contributed by atoms with Crippen LogP contribution in [0.2, 0.25) is 0 Å². The van der Waals surface area contributed by atoms with E-state index in [9.17, 15) is 0 Å². The quantitative estimate of drug-likeness (QED) is 0.584. The monoisotopic (exact) mass is 280 g/mol. The van der Waals surface area contributed by atoms with Gasteiger partial charge in [0.1, 0.15) is 0 Å². The summed E-state index contributed by atoms with van der Waals surface area (Å²) in [6, 6.07) is 2.51. The Morgan fingerprint density at radius 1 is 1.15 bits per heavy atom. The number of hydrogen-bond donors (Lipinski definition) is 1. The second-order valence-electron chi connectivity index (χ2n) is 5.85. The zero-order valence-electron chi connectivity index (χ0n) is 13.3. The molecule has 0 radical (unpaired) electrons. The third kappa shape index (κ3) is 7.11. The zero-order chi connectivity index (χ0) is 14.6. The van der Waals surface area contributed by atoms with E-state index in [4.69, 9.17) is 10.2 Å². The largest absolute Gasteiger partial charge is 0.472 e. The van der Waals surface area contributed by atoms with Crippen LogP contribution in [0, 0.1) is 0 Å². The topological polar surface area (TPSA) is 42.4 Å². The van der Waals surface area contributed by atoms with Crippen LogP contribution >= 0.6 is 0 Å². The average Bonchev–Trinajstić information content (AvgIpc) is 2.94. The highest BCUT2D eigenvalue weighted by Crippen LogP contribution is 2.14. The molecule has 116 valence electrons. The summed E-state index contributed by atoms with van der Waals surface area (Å²) in [5.74, 6) is 0. The molecule has 1 heterocycles. The third-order valence-electron chi connectivity index (χ3n) is 4.05. The Kier molecular flexibility index (Phi) is 9.42. The number of rotatable bonds is 12. The lowest BCUT2D eigenvalue weighted by molar-refractivity contribution is 0.222. The van der Waals surface area contributed by atoms with E-state index in [2.05, 4.69) is 18.9 Å². The minimum atomic E-state index is 0.487. The first-order valence-electron chi connectivity index (χ1n) is 8.19. The van der Waals surface area contributed by atoms with E-state index in [1.807, 2.05) is 12.3 Å². The van der Waals surface area contributed by atoms with Crippen molar-refractivity contribution in [2.24, 2.45) is 5.73 Å². The lowest BCUT2D eigenvalue weighted by atomic mass is 10.0. The predicted molar refractivity (Wildman–Crippen MR) is 85.6 cm³/mol. The molecule has 0 aliphatic carbocycles. The van der Waals surface area contributed by atoms with Gasteiger partial charge in [0.2, 0.25) is 0 Å². The third-order valence-corrected chi connectivity index (χ3v) is 4.05. The summed E-state index contributed by atoms with van der Waals surface area (Å²) in [5.41, 5.74) is 7.15. The molecular formula is C17H32N2O. The van der Waals surface area contributed by atoms with Crippen molar-refractivity contribution in [1.82, 2.24) is 4.90 Å². The highest BCUT2D eigenvalue weighted by molar-refractivity contribution is 5.05. The molecule has 0 saturated carbocycles. The van der Waals surface area contributed by atoms with Gasteiger partial charge in [-0.25, -0.2) is 0 Å². The van der Waals surface area contributed by atoms with Crippen LogP contribution in [-0.2, 0) is 6.54 Å². The van der Waals surface area contributed by atoms with Gasteiger partial charge < -0.3 is 10.2 Å². The molecule has 0 amide bonds. The van der Waals surface area contributed by atoms with E-state index in [0.717, 1.165) is 13.1 Å². The van der Waals surface area contributed by atoms with Crippen molar-refractivity contribution in [1.29, 1.82) is 0 Å². The van der Waals surface area contributed by atoms with Gasteiger partial charge in [-0.3, -0.25) is 4.90 Å². The zero-order valence-corrected chi connectivity index (χ0v) is 13.3. The summed E-state index contributed by atoms with van der Waals surface area (Å²) >= 11 is 0. The number of nitrogens with zero attached hydrogens (tertiary/aromatic N) is 1. The van der Waals surface area contributed by atoms with Crippen molar-refractivity contribution in [3.8, 4) is 0 Å². The van der Waals surface area contributed by atoms with Crippen molar-refractivity contribution in [2.75, 3.05) is 13.6 Å². The molecule has 20 heavy (non-hydrogen) atoms. The molecule has 0 fully saturated rings. The Bertz CT molecular complexity index is 311. The fourth-order valence-corrected chi connectivity index (χ4v) is 2.65. The first-order valence-corrected chi connectivity index (χ1v) is 8.19. The standard InChI is InChI=1S/C17H32N2O/c1-3-4-5-6-7-8-9-10-17(13-18)19(2)14-16-11-12-20-15-16/h11-12,15,17H,3-10,13-14,18H2,1-2H3. The predicted octanol–water partition coefficient (Wildman–Crippen LogP) is 4.18. The lowest BCUT2D eigenvalue weighted by Crippen LogP contribution is -2.37. The first kappa shape index (κ1) is 17.3. The second kappa shape index (κ2) is 10.9. The molecule has 1 rings (SSSR count). The SMILES string of the molecule is CCCCCCCCCC(CN)N(C)Cc1ccoc1. The van der Waals surface area contributed by atoms with Crippen LogP contribution in [0.25, 0.3) is 0 Å². The van der Waals surface area contributed by atoms with Crippen molar-refractivity contribution >= 4 is 0 Å². The van der Waals surface area contributed by atoms with E-state index in [1.54, 1.807) is 6.26 Å². The van der Waals surface area contributed by atoms with Gasteiger partial charge in [-0.1, -0.05) is 51.9 Å². The molecule has 1 atom stereocenters. The fraction of sp³-hybridized carbons (Fsp3) is 0.765. The van der Waals surface area contributed by atoms with Gasteiger partial charge in [0.05, 0.1) is 12.5 Å². The summed E-state index contributed by atoms with van der Waals surface area (Å²) in [6.45, 7) is 3.93. The summed E-state index contributed by atoms with van der Waals surface area (Å²) in [7, 11) is 2.16. The Morgan fingerprint density at radius 2 is 1.85 bits per heavy atom. The minimum Gasteiger partial charge on any atom is -0.472 e. The maximum Gasteiger partial charge on any atom is 0.0947 e. The number of hydrogen-bond acceptors (Lipinski definition) is 3. The molecule has 0 aliphatic heterocycles. The van der Waals surface area contributed by atoms with Crippen LogP contribution in [-0.4, -0.2) is 24.5 Å². The van der Waals surface area contributed by atoms with E-state index in [0.29, 0.717) is 6.04 Å². The molecule has 0 spiro atoms. The van der Waals surface area contributed by atoms with E-state index < -0.39 is 0 Å². The van der Waals surface area contributed by atoms with Crippen LogP contribution in [0.5, 0.6) is 0 Å². The molecule has 2 N–H and O–H groups in total. The van der Waals surface area contributed by atoms with Crippen LogP contribution in [0.3, 0.4) is 0 Å². The van der Waals surface area contributed by atoms with Gasteiger partial charge in [-0.05, 0) is 19.5 Å². The molecule has 0 aromatic carbocycles. The number of nitrogens with two attached hydrogens (primary N) is 1. The van der Waals surface area contributed by atoms with Gasteiger partial charge in [0, 0.05) is 24.7 Å². The second-order valence-corrected chi connectivity index (χ2v) is 5.85. The molecule has 3 heteroatoms. The summed E-state index contributed by atoms with van der Waals surface area (Å²) in [6.07, 6.45) is 14.3. The highest BCUT2D eigenvalue weighted by Gasteiger charge is 2.13. The molecule has 0 saturated heterocycles. The Balaban J connectivity index is 2.12. The minimum absolute atomic E-state index is 0.487. The molecule has 0 bridgehead atoms. The van der Waals surface area contributed by atoms with Crippen molar-refractivity contribution in [3.05, 3.63) is 24.2 Å². The van der Waals surface area contributed by atoms with Crippen LogP contribution < -0.4 is 5.73 Å². The average molecular weight is 280 g/mol. The summed E-state index contributed by atoms with van der Waals surface area (Å²) in [4.78, 5) is 2.35. The van der Waals surface area contributed by atoms with Crippen LogP contribution in [0.4, 0.5) is 0 Å². The van der Waals surface area contributed by atoms with Crippen molar-refractivity contribution in [2.45, 2.75) is 70.9 Å². The normalized spacial score (nSPS) is 13.0. The molecule has 1 aromatic rings. The van der Waals surface area contributed by atoms with Gasteiger partial charge in [0.25, 0.3) is 0 Å². The van der Waals surface area contributed by atoms with Crippen molar-refractivity contribution in [3.63, 3.8) is 0 Å². The van der Waals surface area contributed by atoms with E-state index in [1.165, 1.54) is 56.9 Å². The number of furan rings is 1. The maximum absolute atomic E-state index is 5.92. The van der Waals surface area contributed by atoms with Crippen LogP contribution in [0.1, 0.15) is 63.9 Å². The van der Waals surface area contributed by atoms with Gasteiger partial charge >= 0.3 is 0 Å². The summed E-state index contributed by atoms with van der Waals surface area (Å²) < 4.78 is 5.12. The Morgan fingerprint density at radius 3 is 2.45 bits per heavy atom. The van der Waals surface area contributed by atoms with Gasteiger partial charge in [-0.15, -0.1) is 0 Å². The van der Waals surface area contributed by atoms with Gasteiger partial charge in [-0.2, -0.15) is 0 Å². The Hall–Kier alpha value is -0.800. The number of likely N-dealkylation sites (N-methyl/N-ethyl adjacent to an activating group) is 1. The smallest absolute Gasteiger partial charge is 0.0947 e. The van der Waals surface area contributed by atoms with E-state index in [-0.39, 0.29) is 0 Å². The molecular weight excluding hydrogens is 248 g/mol. The fourth-order valence-electron chi connectivity index (χ4n) is 2.65. The molecule has 1 unspecified atom stereocenters. The number of unbranched alkanes of at least 4 members (excludes halogenated alkanes) is 6. The molecule has 3 nitrogen and oxygen atoms in total. The van der Waals surface area contributed by atoms with Gasteiger partial charge in [0.15, 0.2) is 0 Å². The molecule has 1 aromatic heterocycles.